The molecule has 2 aromatic rings. The molecule has 0 saturated carbocycles. The predicted octanol–water partition coefficient (Wildman–Crippen LogP) is 2.52. The lowest BCUT2D eigenvalue weighted by atomic mass is 10.1. The number of hydrogen-bond acceptors (Lipinski definition) is 4. The summed E-state index contributed by atoms with van der Waals surface area (Å²) in [5, 5.41) is 3.63. The molecule has 110 valence electrons. The third-order valence-corrected chi connectivity index (χ3v) is 2.98. The molecule has 5 N–H and O–H groups in total. The minimum atomic E-state index is -0.523. The molecule has 6 heteroatoms. The molecule has 0 aliphatic heterocycles. The molecule has 0 aromatic heterocycles. The summed E-state index contributed by atoms with van der Waals surface area (Å²) in [5.74, 6) is 0.165. The fourth-order valence-electron chi connectivity index (χ4n) is 1.83. The molecule has 0 fully saturated rings. The monoisotopic (exact) mass is 305 g/mol. The second kappa shape index (κ2) is 6.97. The van der Waals surface area contributed by atoms with Crippen LogP contribution in [0.15, 0.2) is 42.5 Å². The van der Waals surface area contributed by atoms with Crippen LogP contribution in [0.4, 0.5) is 11.4 Å². The van der Waals surface area contributed by atoms with Gasteiger partial charge in [0.05, 0.1) is 11.3 Å². The number of rotatable bonds is 6. The van der Waals surface area contributed by atoms with E-state index in [1.165, 1.54) is 0 Å². The average Bonchev–Trinajstić information content (AvgIpc) is 2.45. The molecule has 0 saturated heterocycles. The number of carbonyl (C=O) groups excluding carboxylic acids is 1. The molecule has 0 aliphatic carbocycles. The number of carbonyl (C=O) groups is 1. The van der Waals surface area contributed by atoms with E-state index in [0.717, 1.165) is 5.69 Å². The first kappa shape index (κ1) is 15.2. The van der Waals surface area contributed by atoms with E-state index >= 15 is 0 Å². The van der Waals surface area contributed by atoms with Gasteiger partial charge in [0.1, 0.15) is 12.4 Å². The standard InChI is InChI=1S/C15H16ClN3O2/c16-10-4-5-13(15(18)20)14(8-10)19-11-2-1-3-12(9-11)21-7-6-17/h1-5,8-9,19H,6-7,17H2,(H2,18,20). The Kier molecular flexibility index (Phi) is 5.03. The molecule has 1 amide bonds. The minimum Gasteiger partial charge on any atom is -0.492 e. The number of primary amides is 1. The van der Waals surface area contributed by atoms with E-state index in [-0.39, 0.29) is 0 Å². The third kappa shape index (κ3) is 4.11. The van der Waals surface area contributed by atoms with Gasteiger partial charge in [0.2, 0.25) is 0 Å². The van der Waals surface area contributed by atoms with Crippen molar-refractivity contribution in [3.63, 3.8) is 0 Å². The lowest BCUT2D eigenvalue weighted by Crippen LogP contribution is -2.13. The van der Waals surface area contributed by atoms with Gasteiger partial charge in [-0.3, -0.25) is 4.79 Å². The summed E-state index contributed by atoms with van der Waals surface area (Å²) in [6, 6.07) is 12.2. The smallest absolute Gasteiger partial charge is 0.250 e. The van der Waals surface area contributed by atoms with Crippen LogP contribution in [0, 0.1) is 0 Å². The molecular weight excluding hydrogens is 290 g/mol. The third-order valence-electron chi connectivity index (χ3n) is 2.75. The average molecular weight is 306 g/mol. The summed E-state index contributed by atoms with van der Waals surface area (Å²) in [4.78, 5) is 11.4. The SMILES string of the molecule is NCCOc1cccc(Nc2cc(Cl)ccc2C(N)=O)c1. The van der Waals surface area contributed by atoms with Crippen molar-refractivity contribution in [2.45, 2.75) is 0 Å². The molecule has 0 atom stereocenters. The molecular formula is C15H16ClN3O2. The lowest BCUT2D eigenvalue weighted by Gasteiger charge is -2.12. The van der Waals surface area contributed by atoms with Gasteiger partial charge in [0.15, 0.2) is 0 Å². The maximum Gasteiger partial charge on any atom is 0.250 e. The van der Waals surface area contributed by atoms with Gasteiger partial charge in [0, 0.05) is 23.3 Å². The highest BCUT2D eigenvalue weighted by Gasteiger charge is 2.09. The Labute approximate surface area is 127 Å². The van der Waals surface area contributed by atoms with E-state index in [1.54, 1.807) is 24.3 Å². The number of nitrogens with two attached hydrogens (primary N) is 2. The number of halogens is 1. The molecule has 0 bridgehead atoms. The summed E-state index contributed by atoms with van der Waals surface area (Å²) in [6.07, 6.45) is 0. The van der Waals surface area contributed by atoms with Gasteiger partial charge >= 0.3 is 0 Å². The quantitative estimate of drug-likeness (QED) is 0.765. The lowest BCUT2D eigenvalue weighted by molar-refractivity contribution is 0.100. The van der Waals surface area contributed by atoms with Crippen molar-refractivity contribution < 1.29 is 9.53 Å². The van der Waals surface area contributed by atoms with Gasteiger partial charge < -0.3 is 21.5 Å². The molecule has 0 aliphatic rings. The van der Waals surface area contributed by atoms with Crippen LogP contribution in [0.25, 0.3) is 0 Å². The maximum atomic E-state index is 11.4. The number of benzene rings is 2. The molecule has 21 heavy (non-hydrogen) atoms. The summed E-state index contributed by atoms with van der Waals surface area (Å²) in [6.45, 7) is 0.880. The number of ether oxygens (including phenoxy) is 1. The molecule has 2 aromatic carbocycles. The van der Waals surface area contributed by atoms with E-state index in [4.69, 9.17) is 27.8 Å². The maximum absolute atomic E-state index is 11.4. The number of anilines is 2. The van der Waals surface area contributed by atoms with E-state index in [1.807, 2.05) is 18.2 Å². The van der Waals surface area contributed by atoms with E-state index in [2.05, 4.69) is 5.32 Å². The van der Waals surface area contributed by atoms with Crippen molar-refractivity contribution >= 4 is 28.9 Å². The van der Waals surface area contributed by atoms with E-state index in [0.29, 0.717) is 35.2 Å². The van der Waals surface area contributed by atoms with Crippen molar-refractivity contribution in [3.8, 4) is 5.75 Å². The molecule has 0 spiro atoms. The normalized spacial score (nSPS) is 10.2. The van der Waals surface area contributed by atoms with Crippen molar-refractivity contribution in [1.29, 1.82) is 0 Å². The van der Waals surface area contributed by atoms with Crippen LogP contribution in [0.1, 0.15) is 10.4 Å². The fraction of sp³-hybridized carbons (Fsp3) is 0.133. The first-order chi connectivity index (χ1) is 10.1. The zero-order valence-corrected chi connectivity index (χ0v) is 12.1. The van der Waals surface area contributed by atoms with Gasteiger partial charge in [-0.05, 0) is 30.3 Å². The Morgan fingerprint density at radius 1 is 1.24 bits per heavy atom. The highest BCUT2D eigenvalue weighted by molar-refractivity contribution is 6.31. The van der Waals surface area contributed by atoms with Crippen LogP contribution in [0.3, 0.4) is 0 Å². The Bertz CT molecular complexity index is 647. The van der Waals surface area contributed by atoms with Crippen molar-refractivity contribution in [2.75, 3.05) is 18.5 Å². The van der Waals surface area contributed by atoms with Crippen LogP contribution in [0.5, 0.6) is 5.75 Å². The summed E-state index contributed by atoms with van der Waals surface area (Å²) in [7, 11) is 0. The van der Waals surface area contributed by atoms with Crippen LogP contribution in [-0.4, -0.2) is 19.1 Å². The Morgan fingerprint density at radius 3 is 2.76 bits per heavy atom. The summed E-state index contributed by atoms with van der Waals surface area (Å²) >= 11 is 5.96. The van der Waals surface area contributed by atoms with Crippen molar-refractivity contribution in [1.82, 2.24) is 0 Å². The highest BCUT2D eigenvalue weighted by Crippen LogP contribution is 2.26. The molecule has 2 rings (SSSR count). The molecule has 0 radical (unpaired) electrons. The summed E-state index contributed by atoms with van der Waals surface area (Å²) < 4.78 is 5.45. The van der Waals surface area contributed by atoms with Crippen molar-refractivity contribution in [2.24, 2.45) is 11.5 Å². The van der Waals surface area contributed by atoms with Gasteiger partial charge in [-0.2, -0.15) is 0 Å². The number of amides is 1. The Hall–Kier alpha value is -2.24. The number of nitrogens with one attached hydrogen (secondary N) is 1. The zero-order chi connectivity index (χ0) is 15.2. The van der Waals surface area contributed by atoms with Crippen molar-refractivity contribution in [3.05, 3.63) is 53.1 Å². The predicted molar refractivity (Wildman–Crippen MR) is 84.2 cm³/mol. The largest absolute Gasteiger partial charge is 0.492 e. The van der Waals surface area contributed by atoms with Crippen LogP contribution >= 0.6 is 11.6 Å². The zero-order valence-electron chi connectivity index (χ0n) is 11.3. The van der Waals surface area contributed by atoms with Crippen LogP contribution < -0.4 is 21.5 Å². The first-order valence-electron chi connectivity index (χ1n) is 6.39. The molecule has 0 heterocycles. The second-order valence-electron chi connectivity index (χ2n) is 4.34. The fourth-order valence-corrected chi connectivity index (χ4v) is 2.00. The molecule has 0 unspecified atom stereocenters. The Morgan fingerprint density at radius 2 is 2.05 bits per heavy atom. The highest BCUT2D eigenvalue weighted by atomic mass is 35.5. The van der Waals surface area contributed by atoms with Crippen LogP contribution in [-0.2, 0) is 0 Å². The van der Waals surface area contributed by atoms with Crippen LogP contribution in [0.2, 0.25) is 5.02 Å². The van der Waals surface area contributed by atoms with E-state index < -0.39 is 5.91 Å². The second-order valence-corrected chi connectivity index (χ2v) is 4.78. The van der Waals surface area contributed by atoms with Gasteiger partial charge in [0.25, 0.3) is 5.91 Å². The first-order valence-corrected chi connectivity index (χ1v) is 6.77. The number of hydrogen-bond donors (Lipinski definition) is 3. The summed E-state index contributed by atoms with van der Waals surface area (Å²) in [5.41, 5.74) is 12.4. The van der Waals surface area contributed by atoms with E-state index in [9.17, 15) is 4.79 Å². The minimum absolute atomic E-state index is 0.368. The Balaban J connectivity index is 2.25. The topological polar surface area (TPSA) is 90.4 Å². The molecule has 5 nitrogen and oxygen atoms in total. The van der Waals surface area contributed by atoms with Gasteiger partial charge in [-0.1, -0.05) is 17.7 Å². The van der Waals surface area contributed by atoms with Gasteiger partial charge in [-0.25, -0.2) is 0 Å². The van der Waals surface area contributed by atoms with Gasteiger partial charge in [-0.15, -0.1) is 0 Å².